The maximum Gasteiger partial charge on any atom is 0.149 e. The normalized spacial score (nSPS) is 24.6. The van der Waals surface area contributed by atoms with Gasteiger partial charge in [-0.05, 0) is 31.9 Å². The molecule has 0 saturated heterocycles. The van der Waals surface area contributed by atoms with Crippen molar-refractivity contribution in [3.05, 3.63) is 17.8 Å². The molecule has 1 aromatic heterocycles. The van der Waals surface area contributed by atoms with E-state index < -0.39 is 0 Å². The highest BCUT2D eigenvalue weighted by Gasteiger charge is 2.25. The number of rotatable bonds is 3. The van der Waals surface area contributed by atoms with Gasteiger partial charge in [0.1, 0.15) is 5.82 Å². The molecule has 2 rings (SSSR count). The van der Waals surface area contributed by atoms with Gasteiger partial charge in [-0.25, -0.2) is 4.98 Å². The quantitative estimate of drug-likeness (QED) is 0.748. The third-order valence-corrected chi connectivity index (χ3v) is 3.53. The number of aromatic nitrogens is 1. The first-order chi connectivity index (χ1) is 8.20. The number of nitrogens with one attached hydrogen (secondary N) is 1. The molecule has 1 aliphatic carbocycles. The topological polar surface area (TPSA) is 71.2 Å². The van der Waals surface area contributed by atoms with Gasteiger partial charge in [-0.15, -0.1) is 0 Å². The van der Waals surface area contributed by atoms with Crippen LogP contribution in [0.1, 0.15) is 31.4 Å². The zero-order valence-electron chi connectivity index (χ0n) is 10.3. The summed E-state index contributed by atoms with van der Waals surface area (Å²) in [6.07, 6.45) is 4.58. The molecule has 0 aliphatic heterocycles. The smallest absolute Gasteiger partial charge is 0.149 e. The third kappa shape index (κ3) is 2.88. The van der Waals surface area contributed by atoms with Crippen LogP contribution in [-0.4, -0.2) is 22.7 Å². The molecule has 4 N–H and O–H groups in total. The van der Waals surface area contributed by atoms with Crippen molar-refractivity contribution in [1.82, 2.24) is 4.98 Å². The number of hydrogen-bond acceptors (Lipinski definition) is 4. The van der Waals surface area contributed by atoms with E-state index in [4.69, 9.17) is 5.73 Å². The van der Waals surface area contributed by atoms with E-state index in [1.807, 2.05) is 19.1 Å². The van der Waals surface area contributed by atoms with Gasteiger partial charge in [-0.1, -0.05) is 12.8 Å². The van der Waals surface area contributed by atoms with E-state index in [-0.39, 0.29) is 6.61 Å². The number of nitrogen functional groups attached to an aromatic ring is 1. The third-order valence-electron chi connectivity index (χ3n) is 3.53. The summed E-state index contributed by atoms with van der Waals surface area (Å²) in [5.41, 5.74) is 7.54. The number of aryl methyl sites for hydroxylation is 1. The number of nitrogens with zero attached hydrogens (tertiary/aromatic N) is 1. The highest BCUT2D eigenvalue weighted by molar-refractivity contribution is 5.61. The zero-order valence-corrected chi connectivity index (χ0v) is 10.3. The van der Waals surface area contributed by atoms with E-state index in [0.717, 1.165) is 24.4 Å². The summed E-state index contributed by atoms with van der Waals surface area (Å²) in [7, 11) is 0. The Morgan fingerprint density at radius 1 is 1.41 bits per heavy atom. The number of hydrogen-bond donors (Lipinski definition) is 3. The summed E-state index contributed by atoms with van der Waals surface area (Å²) in [4.78, 5) is 4.42. The fourth-order valence-electron chi connectivity index (χ4n) is 2.47. The summed E-state index contributed by atoms with van der Waals surface area (Å²) in [5.74, 6) is 1.08. The van der Waals surface area contributed by atoms with E-state index in [9.17, 15) is 5.11 Å². The minimum atomic E-state index is 0.239. The molecule has 4 nitrogen and oxygen atoms in total. The molecule has 1 aliphatic rings. The van der Waals surface area contributed by atoms with Gasteiger partial charge >= 0.3 is 0 Å². The van der Waals surface area contributed by atoms with Crippen molar-refractivity contribution >= 4 is 11.5 Å². The van der Waals surface area contributed by atoms with Crippen molar-refractivity contribution < 1.29 is 5.11 Å². The molecule has 2 unspecified atom stereocenters. The second kappa shape index (κ2) is 5.36. The molecule has 1 fully saturated rings. The van der Waals surface area contributed by atoms with Crippen molar-refractivity contribution in [2.24, 2.45) is 5.92 Å². The van der Waals surface area contributed by atoms with Crippen LogP contribution in [0.2, 0.25) is 0 Å². The van der Waals surface area contributed by atoms with Crippen molar-refractivity contribution in [3.8, 4) is 0 Å². The zero-order chi connectivity index (χ0) is 12.3. The molecule has 0 bridgehead atoms. The van der Waals surface area contributed by atoms with Gasteiger partial charge in [-0.3, -0.25) is 0 Å². The summed E-state index contributed by atoms with van der Waals surface area (Å²) < 4.78 is 0. The summed E-state index contributed by atoms with van der Waals surface area (Å²) in [6.45, 7) is 2.19. The van der Waals surface area contributed by atoms with Crippen molar-refractivity contribution in [2.45, 2.75) is 38.6 Å². The Bertz CT molecular complexity index is 381. The lowest BCUT2D eigenvalue weighted by Gasteiger charge is -2.31. The molecule has 2 atom stereocenters. The Hall–Kier alpha value is -1.29. The number of aliphatic hydroxyl groups is 1. The predicted octanol–water partition coefficient (Wildman–Crippen LogP) is 1.94. The fourth-order valence-corrected chi connectivity index (χ4v) is 2.47. The van der Waals surface area contributed by atoms with Crippen LogP contribution < -0.4 is 11.1 Å². The van der Waals surface area contributed by atoms with Crippen LogP contribution in [0.4, 0.5) is 11.5 Å². The molecule has 0 amide bonds. The van der Waals surface area contributed by atoms with E-state index in [1.165, 1.54) is 12.8 Å². The van der Waals surface area contributed by atoms with Crippen LogP contribution in [0, 0.1) is 12.8 Å². The lowest BCUT2D eigenvalue weighted by molar-refractivity contribution is 0.178. The standard InChI is InChI=1S/C13H21N3O/c1-9-6-7-11(14)13(15-9)16-12-5-3-2-4-10(12)8-17/h6-7,10,12,17H,2-5,8,14H2,1H3,(H,15,16). The molecule has 1 heterocycles. The summed E-state index contributed by atoms with van der Waals surface area (Å²) >= 11 is 0. The Kier molecular flexibility index (Phi) is 3.84. The van der Waals surface area contributed by atoms with E-state index >= 15 is 0 Å². The van der Waals surface area contributed by atoms with Gasteiger partial charge in [0.15, 0.2) is 0 Å². The second-order valence-corrected chi connectivity index (χ2v) is 4.87. The molecule has 0 spiro atoms. The Labute approximate surface area is 102 Å². The molecule has 1 aromatic rings. The van der Waals surface area contributed by atoms with Gasteiger partial charge in [0, 0.05) is 24.3 Å². The van der Waals surface area contributed by atoms with Gasteiger partial charge in [0.25, 0.3) is 0 Å². The SMILES string of the molecule is Cc1ccc(N)c(NC2CCCCC2CO)n1. The van der Waals surface area contributed by atoms with Crippen LogP contribution >= 0.6 is 0 Å². The molecular formula is C13H21N3O. The van der Waals surface area contributed by atoms with Crippen LogP contribution in [0.25, 0.3) is 0 Å². The largest absolute Gasteiger partial charge is 0.396 e. The average molecular weight is 235 g/mol. The van der Waals surface area contributed by atoms with Crippen molar-refractivity contribution in [2.75, 3.05) is 17.7 Å². The number of anilines is 2. The predicted molar refractivity (Wildman–Crippen MR) is 69.8 cm³/mol. The monoisotopic (exact) mass is 235 g/mol. The first kappa shape index (κ1) is 12.2. The molecule has 0 aromatic carbocycles. The maximum atomic E-state index is 9.37. The van der Waals surface area contributed by atoms with Gasteiger partial charge in [0.2, 0.25) is 0 Å². The fraction of sp³-hybridized carbons (Fsp3) is 0.615. The molecule has 1 saturated carbocycles. The highest BCUT2D eigenvalue weighted by atomic mass is 16.3. The van der Waals surface area contributed by atoms with E-state index in [0.29, 0.717) is 17.6 Å². The van der Waals surface area contributed by atoms with Crippen LogP contribution in [-0.2, 0) is 0 Å². The first-order valence-corrected chi connectivity index (χ1v) is 6.31. The highest BCUT2D eigenvalue weighted by Crippen LogP contribution is 2.28. The first-order valence-electron chi connectivity index (χ1n) is 6.31. The lowest BCUT2D eigenvalue weighted by Crippen LogP contribution is -2.34. The summed E-state index contributed by atoms with van der Waals surface area (Å²) in [5, 5.41) is 12.8. The molecule has 4 heteroatoms. The minimum absolute atomic E-state index is 0.239. The van der Waals surface area contributed by atoms with Gasteiger partial charge in [-0.2, -0.15) is 0 Å². The Morgan fingerprint density at radius 2 is 2.18 bits per heavy atom. The van der Waals surface area contributed by atoms with E-state index in [2.05, 4.69) is 10.3 Å². The Balaban J connectivity index is 2.10. The molecule has 0 radical (unpaired) electrons. The second-order valence-electron chi connectivity index (χ2n) is 4.87. The lowest BCUT2D eigenvalue weighted by atomic mass is 9.85. The molecule has 17 heavy (non-hydrogen) atoms. The molecule has 94 valence electrons. The Morgan fingerprint density at radius 3 is 2.94 bits per heavy atom. The minimum Gasteiger partial charge on any atom is -0.396 e. The van der Waals surface area contributed by atoms with Crippen LogP contribution in [0.5, 0.6) is 0 Å². The van der Waals surface area contributed by atoms with Gasteiger partial charge < -0.3 is 16.2 Å². The summed E-state index contributed by atoms with van der Waals surface area (Å²) in [6, 6.07) is 4.08. The molecular weight excluding hydrogens is 214 g/mol. The van der Waals surface area contributed by atoms with E-state index in [1.54, 1.807) is 0 Å². The number of aliphatic hydroxyl groups excluding tert-OH is 1. The maximum absolute atomic E-state index is 9.37. The average Bonchev–Trinajstić information content (AvgIpc) is 2.34. The van der Waals surface area contributed by atoms with Crippen molar-refractivity contribution in [1.29, 1.82) is 0 Å². The van der Waals surface area contributed by atoms with Crippen molar-refractivity contribution in [3.63, 3.8) is 0 Å². The van der Waals surface area contributed by atoms with Gasteiger partial charge in [0.05, 0.1) is 5.69 Å². The van der Waals surface area contributed by atoms with Crippen LogP contribution in [0.15, 0.2) is 12.1 Å². The number of pyridine rings is 1. The number of nitrogens with two attached hydrogens (primary N) is 1. The van der Waals surface area contributed by atoms with Crippen LogP contribution in [0.3, 0.4) is 0 Å².